The number of likely N-dealkylation sites (tertiary alicyclic amines) is 1. The molecule has 0 aromatic carbocycles. The fourth-order valence-corrected chi connectivity index (χ4v) is 2.29. The van der Waals surface area contributed by atoms with Crippen LogP contribution < -0.4 is 10.6 Å². The van der Waals surface area contributed by atoms with Gasteiger partial charge in [0.1, 0.15) is 0 Å². The molecule has 18 heavy (non-hydrogen) atoms. The molecule has 5 nitrogen and oxygen atoms in total. The van der Waals surface area contributed by atoms with Crippen LogP contribution in [-0.2, 0) is 0 Å². The lowest BCUT2D eigenvalue weighted by atomic mass is 9.97. The van der Waals surface area contributed by atoms with Gasteiger partial charge in [-0.1, -0.05) is 0 Å². The van der Waals surface area contributed by atoms with Crippen LogP contribution in [-0.4, -0.2) is 54.4 Å². The number of nitrogens with zero attached hydrogens (tertiary/aromatic N) is 1. The molecule has 1 heterocycles. The number of nitrogens with one attached hydrogen (secondary N) is 2. The fourth-order valence-electron chi connectivity index (χ4n) is 2.29. The van der Waals surface area contributed by atoms with Crippen LogP contribution >= 0.6 is 0 Å². The fraction of sp³-hybridized carbons (Fsp3) is 0.923. The molecule has 0 spiro atoms. The summed E-state index contributed by atoms with van der Waals surface area (Å²) < 4.78 is 0. The molecule has 3 N–H and O–H groups in total. The summed E-state index contributed by atoms with van der Waals surface area (Å²) in [5, 5.41) is 14.4. The lowest BCUT2D eigenvalue weighted by molar-refractivity contribution is 0.139. The van der Waals surface area contributed by atoms with Crippen molar-refractivity contribution in [3.8, 4) is 0 Å². The first kappa shape index (κ1) is 15.2. The third kappa shape index (κ3) is 5.23. The Kier molecular flexibility index (Phi) is 6.43. The minimum absolute atomic E-state index is 0.0298. The number of rotatable bonds is 5. The molecule has 5 heteroatoms. The maximum Gasteiger partial charge on any atom is 0.315 e. The maximum atomic E-state index is 11.5. The van der Waals surface area contributed by atoms with Crippen molar-refractivity contribution in [3.05, 3.63) is 0 Å². The topological polar surface area (TPSA) is 64.6 Å². The van der Waals surface area contributed by atoms with Crippen LogP contribution in [0.4, 0.5) is 4.79 Å². The minimum atomic E-state index is -0.191. The zero-order chi connectivity index (χ0) is 13.5. The standard InChI is InChI=1S/C13H27N3O2/c1-10(2)16-6-4-5-12(8-16)7-14-13(18)15-11(3)9-17/h10-12,17H,4-9H2,1-3H3,(H2,14,15,18). The Morgan fingerprint density at radius 2 is 2.17 bits per heavy atom. The van der Waals surface area contributed by atoms with Crippen molar-refractivity contribution in [3.63, 3.8) is 0 Å². The maximum absolute atomic E-state index is 11.5. The molecule has 2 amide bonds. The van der Waals surface area contributed by atoms with Crippen LogP contribution in [0.2, 0.25) is 0 Å². The van der Waals surface area contributed by atoms with E-state index in [-0.39, 0.29) is 18.7 Å². The molecule has 0 aliphatic carbocycles. The molecule has 0 bridgehead atoms. The summed E-state index contributed by atoms with van der Waals surface area (Å²) in [4.78, 5) is 14.0. The third-order valence-electron chi connectivity index (χ3n) is 3.48. The average Bonchev–Trinajstić information content (AvgIpc) is 2.36. The third-order valence-corrected chi connectivity index (χ3v) is 3.48. The molecular weight excluding hydrogens is 230 g/mol. The molecule has 106 valence electrons. The van der Waals surface area contributed by atoms with Gasteiger partial charge in [-0.2, -0.15) is 0 Å². The lowest BCUT2D eigenvalue weighted by Crippen LogP contribution is -2.47. The van der Waals surface area contributed by atoms with Crippen LogP contribution in [0.3, 0.4) is 0 Å². The van der Waals surface area contributed by atoms with Gasteiger partial charge in [0.15, 0.2) is 0 Å². The Morgan fingerprint density at radius 3 is 2.78 bits per heavy atom. The summed E-state index contributed by atoms with van der Waals surface area (Å²) in [6.45, 7) is 9.12. The summed E-state index contributed by atoms with van der Waals surface area (Å²) in [5.41, 5.74) is 0. The highest BCUT2D eigenvalue weighted by Crippen LogP contribution is 2.17. The first-order valence-corrected chi connectivity index (χ1v) is 6.92. The Balaban J connectivity index is 2.24. The SMILES string of the molecule is CC(CO)NC(=O)NCC1CCCN(C(C)C)C1. The molecule has 1 rings (SSSR count). The van der Waals surface area contributed by atoms with Gasteiger partial charge in [-0.15, -0.1) is 0 Å². The second-order valence-corrected chi connectivity index (χ2v) is 5.53. The quantitative estimate of drug-likeness (QED) is 0.682. The van der Waals surface area contributed by atoms with Crippen LogP contribution in [0.5, 0.6) is 0 Å². The number of piperidine rings is 1. The largest absolute Gasteiger partial charge is 0.394 e. The molecule has 1 aliphatic heterocycles. The second kappa shape index (κ2) is 7.59. The van der Waals surface area contributed by atoms with Crippen LogP contribution in [0.25, 0.3) is 0 Å². The van der Waals surface area contributed by atoms with Gasteiger partial charge >= 0.3 is 6.03 Å². The smallest absolute Gasteiger partial charge is 0.315 e. The van der Waals surface area contributed by atoms with E-state index >= 15 is 0 Å². The van der Waals surface area contributed by atoms with E-state index in [1.807, 2.05) is 0 Å². The van der Waals surface area contributed by atoms with Gasteiger partial charge in [-0.25, -0.2) is 4.79 Å². The van der Waals surface area contributed by atoms with E-state index in [0.717, 1.165) is 6.54 Å². The van der Waals surface area contributed by atoms with Gasteiger partial charge < -0.3 is 20.6 Å². The van der Waals surface area contributed by atoms with Gasteiger partial charge in [0.05, 0.1) is 12.6 Å². The van der Waals surface area contributed by atoms with Crippen molar-refractivity contribution in [2.45, 2.75) is 45.7 Å². The molecule has 0 radical (unpaired) electrons. The summed E-state index contributed by atoms with van der Waals surface area (Å²) in [6, 6.07) is 0.206. The number of carbonyl (C=O) groups is 1. The number of aliphatic hydroxyl groups is 1. The predicted molar refractivity (Wildman–Crippen MR) is 72.5 cm³/mol. The number of urea groups is 1. The Morgan fingerprint density at radius 1 is 1.44 bits per heavy atom. The monoisotopic (exact) mass is 257 g/mol. The molecule has 1 aliphatic rings. The van der Waals surface area contributed by atoms with Gasteiger partial charge in [0, 0.05) is 19.1 Å². The van der Waals surface area contributed by atoms with Crippen molar-refractivity contribution < 1.29 is 9.90 Å². The number of carbonyl (C=O) groups excluding carboxylic acids is 1. The van der Waals surface area contributed by atoms with E-state index < -0.39 is 0 Å². The predicted octanol–water partition coefficient (Wildman–Crippen LogP) is 0.787. The molecule has 0 aromatic heterocycles. The first-order chi connectivity index (χ1) is 8.52. The Hall–Kier alpha value is -0.810. The first-order valence-electron chi connectivity index (χ1n) is 6.92. The number of amides is 2. The Bertz CT molecular complexity index is 259. The van der Waals surface area contributed by atoms with E-state index in [4.69, 9.17) is 5.11 Å². The zero-order valence-corrected chi connectivity index (χ0v) is 11.8. The highest BCUT2D eigenvalue weighted by molar-refractivity contribution is 5.74. The van der Waals surface area contributed by atoms with Gasteiger partial charge in [-0.3, -0.25) is 0 Å². The number of hydrogen-bond donors (Lipinski definition) is 3. The zero-order valence-electron chi connectivity index (χ0n) is 11.8. The Labute approximate surface area is 110 Å². The van der Waals surface area contributed by atoms with E-state index in [0.29, 0.717) is 18.5 Å². The summed E-state index contributed by atoms with van der Waals surface area (Å²) in [6.07, 6.45) is 2.39. The normalized spacial score (nSPS) is 22.8. The molecule has 0 saturated carbocycles. The van der Waals surface area contributed by atoms with E-state index in [1.54, 1.807) is 6.92 Å². The van der Waals surface area contributed by atoms with Crippen LogP contribution in [0.15, 0.2) is 0 Å². The van der Waals surface area contributed by atoms with Crippen molar-refractivity contribution >= 4 is 6.03 Å². The lowest BCUT2D eigenvalue weighted by Gasteiger charge is -2.35. The van der Waals surface area contributed by atoms with Gasteiger partial charge in [0.25, 0.3) is 0 Å². The highest BCUT2D eigenvalue weighted by Gasteiger charge is 2.21. The van der Waals surface area contributed by atoms with Crippen LogP contribution in [0, 0.1) is 5.92 Å². The van der Waals surface area contributed by atoms with Crippen molar-refractivity contribution in [1.29, 1.82) is 0 Å². The van der Waals surface area contributed by atoms with Crippen molar-refractivity contribution in [2.24, 2.45) is 5.92 Å². The van der Waals surface area contributed by atoms with Gasteiger partial charge in [-0.05, 0) is 46.1 Å². The van der Waals surface area contributed by atoms with Crippen LogP contribution in [0.1, 0.15) is 33.6 Å². The van der Waals surface area contributed by atoms with Gasteiger partial charge in [0.2, 0.25) is 0 Å². The van der Waals surface area contributed by atoms with Crippen molar-refractivity contribution in [2.75, 3.05) is 26.2 Å². The van der Waals surface area contributed by atoms with E-state index in [2.05, 4.69) is 29.4 Å². The molecule has 1 saturated heterocycles. The molecule has 2 unspecified atom stereocenters. The number of aliphatic hydroxyl groups excluding tert-OH is 1. The number of hydrogen-bond acceptors (Lipinski definition) is 3. The summed E-state index contributed by atoms with van der Waals surface area (Å²) in [7, 11) is 0. The van der Waals surface area contributed by atoms with E-state index in [1.165, 1.54) is 19.4 Å². The highest BCUT2D eigenvalue weighted by atomic mass is 16.3. The molecule has 2 atom stereocenters. The minimum Gasteiger partial charge on any atom is -0.394 e. The van der Waals surface area contributed by atoms with Crippen molar-refractivity contribution in [1.82, 2.24) is 15.5 Å². The summed E-state index contributed by atoms with van der Waals surface area (Å²) >= 11 is 0. The van der Waals surface area contributed by atoms with E-state index in [9.17, 15) is 4.79 Å². The molecule has 0 aromatic rings. The molecule has 1 fully saturated rings. The average molecular weight is 257 g/mol. The molecular formula is C13H27N3O2. The summed E-state index contributed by atoms with van der Waals surface area (Å²) in [5.74, 6) is 0.538. The second-order valence-electron chi connectivity index (χ2n) is 5.53.